The number of anilines is 1. The molecule has 2 N–H and O–H groups in total. The third kappa shape index (κ3) is 3.90. The van der Waals surface area contributed by atoms with Gasteiger partial charge in [0, 0.05) is 29.7 Å². The van der Waals surface area contributed by atoms with Crippen LogP contribution in [0.2, 0.25) is 0 Å². The van der Waals surface area contributed by atoms with Crippen molar-refractivity contribution in [2.75, 3.05) is 5.32 Å². The van der Waals surface area contributed by atoms with Crippen LogP contribution >= 0.6 is 0 Å². The van der Waals surface area contributed by atoms with Crippen molar-refractivity contribution >= 4 is 22.6 Å². The van der Waals surface area contributed by atoms with Gasteiger partial charge in [0.2, 0.25) is 0 Å². The monoisotopic (exact) mass is 415 g/mol. The zero-order chi connectivity index (χ0) is 22.1. The molecule has 7 heteroatoms. The first-order chi connectivity index (χ1) is 14.8. The number of carboxylic acid groups (broad SMARTS) is 1. The molecule has 2 aromatic heterocycles. The van der Waals surface area contributed by atoms with E-state index in [0.29, 0.717) is 33.8 Å². The van der Waals surface area contributed by atoms with Crippen molar-refractivity contribution in [3.05, 3.63) is 87.5 Å². The van der Waals surface area contributed by atoms with Crippen LogP contribution in [0.4, 0.5) is 5.69 Å². The van der Waals surface area contributed by atoms with E-state index in [2.05, 4.69) is 15.3 Å². The number of carboxylic acids is 1. The molecule has 1 atom stereocenters. The number of para-hydroxylation sites is 1. The van der Waals surface area contributed by atoms with Crippen molar-refractivity contribution in [3.63, 3.8) is 0 Å². The van der Waals surface area contributed by atoms with E-state index in [0.717, 1.165) is 11.1 Å². The molecule has 0 spiro atoms. The number of aromatic carboxylic acids is 1. The highest BCUT2D eigenvalue weighted by molar-refractivity contribution is 5.94. The van der Waals surface area contributed by atoms with Gasteiger partial charge in [-0.2, -0.15) is 0 Å². The van der Waals surface area contributed by atoms with E-state index in [4.69, 9.17) is 4.42 Å². The Morgan fingerprint density at radius 3 is 2.58 bits per heavy atom. The first-order valence-electron chi connectivity index (χ1n) is 9.80. The largest absolute Gasteiger partial charge is 0.478 e. The molecular formula is C24H21N3O4. The molecule has 0 aliphatic carbocycles. The number of hydrogen-bond donors (Lipinski definition) is 2. The lowest BCUT2D eigenvalue weighted by Crippen LogP contribution is -2.12. The summed E-state index contributed by atoms with van der Waals surface area (Å²) >= 11 is 0. The molecule has 2 heterocycles. The van der Waals surface area contributed by atoms with Crippen molar-refractivity contribution in [1.82, 2.24) is 9.97 Å². The normalized spacial score (nSPS) is 12.0. The molecule has 0 saturated carbocycles. The Morgan fingerprint density at radius 1 is 1.10 bits per heavy atom. The maximum Gasteiger partial charge on any atom is 0.337 e. The molecule has 4 rings (SSSR count). The summed E-state index contributed by atoms with van der Waals surface area (Å²) < 4.78 is 6.17. The standard InChI is InChI=1S/C24H21N3O4/c1-13-10-17(14(2)27-19-7-5-4-6-16(19)24(29)30)23-18(11-13)20(28)12-21(31-23)22-15(3)25-8-9-26-22/h4-12,14,27H,1-3H3,(H,29,30). The lowest BCUT2D eigenvalue weighted by atomic mass is 10.0. The van der Waals surface area contributed by atoms with E-state index in [1.807, 2.05) is 19.9 Å². The van der Waals surface area contributed by atoms with Crippen LogP contribution in [0.25, 0.3) is 22.4 Å². The van der Waals surface area contributed by atoms with Gasteiger partial charge in [-0.1, -0.05) is 18.2 Å². The van der Waals surface area contributed by atoms with Gasteiger partial charge in [0.25, 0.3) is 0 Å². The molecule has 0 aliphatic heterocycles. The quantitative estimate of drug-likeness (QED) is 0.485. The number of aryl methyl sites for hydroxylation is 2. The summed E-state index contributed by atoms with van der Waals surface area (Å²) in [6.07, 6.45) is 3.13. The molecule has 1 unspecified atom stereocenters. The molecule has 0 radical (unpaired) electrons. The summed E-state index contributed by atoms with van der Waals surface area (Å²) in [5.74, 6) is -0.678. The Hall–Kier alpha value is -4.00. The second kappa shape index (κ2) is 8.02. The minimum Gasteiger partial charge on any atom is -0.478 e. The van der Waals surface area contributed by atoms with Crippen LogP contribution in [0.5, 0.6) is 0 Å². The average Bonchev–Trinajstić information content (AvgIpc) is 2.74. The summed E-state index contributed by atoms with van der Waals surface area (Å²) in [6.45, 7) is 5.60. The molecule has 31 heavy (non-hydrogen) atoms. The Bertz CT molecular complexity index is 1360. The molecule has 0 aliphatic rings. The minimum absolute atomic E-state index is 0.170. The molecule has 0 saturated heterocycles. The van der Waals surface area contributed by atoms with Crippen LogP contribution in [0.3, 0.4) is 0 Å². The minimum atomic E-state index is -1.02. The first kappa shape index (κ1) is 20.3. The summed E-state index contributed by atoms with van der Waals surface area (Å²) in [4.78, 5) is 33.0. The number of carbonyl (C=O) groups is 1. The van der Waals surface area contributed by atoms with E-state index in [1.54, 1.807) is 49.6 Å². The molecule has 2 aromatic carbocycles. The summed E-state index contributed by atoms with van der Waals surface area (Å²) in [7, 11) is 0. The number of fused-ring (bicyclic) bond motifs is 1. The van der Waals surface area contributed by atoms with Gasteiger partial charge >= 0.3 is 5.97 Å². The predicted molar refractivity (Wildman–Crippen MR) is 118 cm³/mol. The van der Waals surface area contributed by atoms with Crippen molar-refractivity contribution < 1.29 is 14.3 Å². The number of benzene rings is 2. The second-order valence-electron chi connectivity index (χ2n) is 7.41. The highest BCUT2D eigenvalue weighted by atomic mass is 16.4. The van der Waals surface area contributed by atoms with Crippen molar-refractivity contribution in [2.24, 2.45) is 0 Å². The molecule has 0 bridgehead atoms. The highest BCUT2D eigenvalue weighted by Crippen LogP contribution is 2.31. The summed E-state index contributed by atoms with van der Waals surface area (Å²) in [6, 6.07) is 11.5. The Balaban J connectivity index is 1.87. The smallest absolute Gasteiger partial charge is 0.337 e. The van der Waals surface area contributed by atoms with Gasteiger partial charge in [0.05, 0.1) is 22.7 Å². The molecule has 156 valence electrons. The van der Waals surface area contributed by atoms with Crippen LogP contribution in [-0.4, -0.2) is 21.0 Å². The predicted octanol–water partition coefficient (Wildman–Crippen LogP) is 4.74. The van der Waals surface area contributed by atoms with Gasteiger partial charge in [-0.15, -0.1) is 0 Å². The zero-order valence-corrected chi connectivity index (χ0v) is 17.3. The Labute approximate surface area is 178 Å². The zero-order valence-electron chi connectivity index (χ0n) is 17.3. The van der Waals surface area contributed by atoms with Crippen molar-refractivity contribution in [1.29, 1.82) is 0 Å². The van der Waals surface area contributed by atoms with Gasteiger partial charge in [0.15, 0.2) is 11.2 Å². The van der Waals surface area contributed by atoms with Crippen LogP contribution in [0, 0.1) is 13.8 Å². The van der Waals surface area contributed by atoms with E-state index in [-0.39, 0.29) is 17.0 Å². The van der Waals surface area contributed by atoms with Gasteiger partial charge in [-0.05, 0) is 44.5 Å². The van der Waals surface area contributed by atoms with E-state index >= 15 is 0 Å². The fourth-order valence-corrected chi connectivity index (χ4v) is 3.63. The lowest BCUT2D eigenvalue weighted by Gasteiger charge is -2.19. The molecular weight excluding hydrogens is 394 g/mol. The molecule has 7 nitrogen and oxygen atoms in total. The maximum absolute atomic E-state index is 12.9. The second-order valence-corrected chi connectivity index (χ2v) is 7.41. The average molecular weight is 415 g/mol. The topological polar surface area (TPSA) is 105 Å². The number of nitrogens with zero attached hydrogens (tertiary/aromatic N) is 2. The third-order valence-electron chi connectivity index (χ3n) is 5.11. The number of rotatable bonds is 5. The lowest BCUT2D eigenvalue weighted by molar-refractivity contribution is 0.0698. The molecule has 0 fully saturated rings. The number of nitrogens with one attached hydrogen (secondary N) is 1. The van der Waals surface area contributed by atoms with Crippen LogP contribution in [0.1, 0.15) is 40.1 Å². The summed E-state index contributed by atoms with van der Waals surface area (Å²) in [5.41, 5.74) is 3.72. The molecule has 0 amide bonds. The van der Waals surface area contributed by atoms with E-state index < -0.39 is 5.97 Å². The molecule has 4 aromatic rings. The van der Waals surface area contributed by atoms with Gasteiger partial charge in [0.1, 0.15) is 11.3 Å². The van der Waals surface area contributed by atoms with Crippen molar-refractivity contribution in [3.8, 4) is 11.5 Å². The van der Waals surface area contributed by atoms with Crippen LogP contribution in [0.15, 0.2) is 64.1 Å². The van der Waals surface area contributed by atoms with Crippen LogP contribution < -0.4 is 10.7 Å². The Morgan fingerprint density at radius 2 is 1.84 bits per heavy atom. The fraction of sp³-hybridized carbons (Fsp3) is 0.167. The SMILES string of the molecule is Cc1cc(C(C)Nc2ccccc2C(=O)O)c2oc(-c3nccnc3C)cc(=O)c2c1. The maximum atomic E-state index is 12.9. The highest BCUT2D eigenvalue weighted by Gasteiger charge is 2.19. The van der Waals surface area contributed by atoms with Gasteiger partial charge in [-0.25, -0.2) is 9.78 Å². The fourth-order valence-electron chi connectivity index (χ4n) is 3.63. The van der Waals surface area contributed by atoms with E-state index in [1.165, 1.54) is 6.07 Å². The van der Waals surface area contributed by atoms with E-state index in [9.17, 15) is 14.7 Å². The van der Waals surface area contributed by atoms with Gasteiger partial charge in [-0.3, -0.25) is 9.78 Å². The summed E-state index contributed by atoms with van der Waals surface area (Å²) in [5, 5.41) is 13.2. The van der Waals surface area contributed by atoms with Gasteiger partial charge < -0.3 is 14.8 Å². The van der Waals surface area contributed by atoms with Crippen LogP contribution in [-0.2, 0) is 0 Å². The third-order valence-corrected chi connectivity index (χ3v) is 5.11. The van der Waals surface area contributed by atoms with Crippen molar-refractivity contribution in [2.45, 2.75) is 26.8 Å². The first-order valence-corrected chi connectivity index (χ1v) is 9.80. The number of hydrogen-bond acceptors (Lipinski definition) is 6. The Kier molecular flexibility index (Phi) is 5.25. The number of aromatic nitrogens is 2.